The summed E-state index contributed by atoms with van der Waals surface area (Å²) in [7, 11) is 0. The lowest BCUT2D eigenvalue weighted by Crippen LogP contribution is -2.50. The maximum atomic E-state index is 11.9. The molecule has 0 aliphatic heterocycles. The van der Waals surface area contributed by atoms with Crippen molar-refractivity contribution in [3.63, 3.8) is 0 Å². The van der Waals surface area contributed by atoms with E-state index in [1.54, 1.807) is 0 Å². The highest BCUT2D eigenvalue weighted by Gasteiger charge is 2.59. The Morgan fingerprint density at radius 3 is 1.70 bits per heavy atom. The molecular formula is C45H58O2. The van der Waals surface area contributed by atoms with Crippen LogP contribution in [0, 0.1) is 80.8 Å². The molecule has 0 heterocycles. The van der Waals surface area contributed by atoms with Crippen molar-refractivity contribution in [2.45, 2.75) is 138 Å². The Bertz CT molecular complexity index is 1590. The molecule has 8 aliphatic rings. The summed E-state index contributed by atoms with van der Waals surface area (Å²) in [5.74, 6) is 18.6. The number of rotatable bonds is 1. The second-order valence-electron chi connectivity index (χ2n) is 17.4. The van der Waals surface area contributed by atoms with Gasteiger partial charge in [-0.3, -0.25) is 9.59 Å². The van der Waals surface area contributed by atoms with Crippen LogP contribution in [0.5, 0.6) is 0 Å². The van der Waals surface area contributed by atoms with Gasteiger partial charge in [-0.15, -0.1) is 11.8 Å². The molecule has 4 saturated carbocycles. The third-order valence-corrected chi connectivity index (χ3v) is 16.0. The molecule has 0 bridgehead atoms. The van der Waals surface area contributed by atoms with Gasteiger partial charge in [0.05, 0.1) is 0 Å². The maximum Gasteiger partial charge on any atom is 0.155 e. The first-order chi connectivity index (χ1) is 22.5. The lowest BCUT2D eigenvalue weighted by Gasteiger charge is -2.58. The number of carbonyl (C=O) groups excluding carboxylic acids is 2. The van der Waals surface area contributed by atoms with Crippen LogP contribution < -0.4 is 0 Å². The van der Waals surface area contributed by atoms with Crippen molar-refractivity contribution in [3.05, 3.63) is 46.6 Å². The quantitative estimate of drug-likeness (QED) is 0.270. The Morgan fingerprint density at radius 2 is 1.13 bits per heavy atom. The standard InChI is InChI=1S/C23H30O.C22H28O/c1-4-6-16-8-10-21-19-9-7-17-15-18(24)11-13-22(17,3)20(19)12-14-23(16,21)5-2;1-4-5-15-7-9-19-18-8-6-16-14-17(23)10-12-22(16,3)20(18)11-13-21(15,19)2/h8,15,19-21H,5,7,9-14H2,1-3H3;7,14,18-20H,6,8-13H2,1-3H3/t19?,20?,21?,22-,23+;18?,19?,20?,21-,22+/m01/s1. The van der Waals surface area contributed by atoms with Crippen molar-refractivity contribution < 1.29 is 9.59 Å². The third kappa shape index (κ3) is 4.97. The highest BCUT2D eigenvalue weighted by Crippen LogP contribution is 2.67. The van der Waals surface area contributed by atoms with Crippen LogP contribution in [0.2, 0.25) is 0 Å². The van der Waals surface area contributed by atoms with E-state index in [0.717, 1.165) is 74.0 Å². The molecule has 0 radical (unpaired) electrons. The Morgan fingerprint density at radius 1 is 0.617 bits per heavy atom. The van der Waals surface area contributed by atoms with Crippen LogP contribution in [0.15, 0.2) is 46.6 Å². The lowest BCUT2D eigenvalue weighted by molar-refractivity contribution is -0.118. The molecule has 0 N–H and O–H groups in total. The molecular weight excluding hydrogens is 572 g/mol. The predicted molar refractivity (Wildman–Crippen MR) is 192 cm³/mol. The smallest absolute Gasteiger partial charge is 0.155 e. The van der Waals surface area contributed by atoms with Gasteiger partial charge in [0.15, 0.2) is 11.6 Å². The van der Waals surface area contributed by atoms with Gasteiger partial charge in [-0.25, -0.2) is 0 Å². The Kier molecular flexibility index (Phi) is 8.47. The molecule has 0 aromatic heterocycles. The van der Waals surface area contributed by atoms with Crippen molar-refractivity contribution in [2.24, 2.45) is 57.2 Å². The van der Waals surface area contributed by atoms with E-state index in [1.807, 2.05) is 26.0 Å². The average Bonchev–Trinajstić information content (AvgIpc) is 3.60. The maximum absolute atomic E-state index is 11.9. The Balaban J connectivity index is 0.000000150. The summed E-state index contributed by atoms with van der Waals surface area (Å²) < 4.78 is 0. The molecule has 8 rings (SSSR count). The first kappa shape index (κ1) is 32.9. The second kappa shape index (κ2) is 12.1. The number of hydrogen-bond acceptors (Lipinski definition) is 2. The van der Waals surface area contributed by atoms with Gasteiger partial charge < -0.3 is 0 Å². The predicted octanol–water partition coefficient (Wildman–Crippen LogP) is 10.5. The minimum atomic E-state index is 0.288. The summed E-state index contributed by atoms with van der Waals surface area (Å²) >= 11 is 0. The fourth-order valence-corrected chi connectivity index (χ4v) is 13.4. The van der Waals surface area contributed by atoms with Crippen LogP contribution in [-0.2, 0) is 9.59 Å². The minimum absolute atomic E-state index is 0.288. The molecule has 0 aromatic carbocycles. The SMILES string of the molecule is CC#CC1=CCC2C3CCC4=CC(=O)CC[C@]4(C)C3CC[C@]12C.CC#CC1=CCC2C3CCC4=CC(=O)CC[C@]4(C)C3CC[C@]12CC. The fourth-order valence-electron chi connectivity index (χ4n) is 13.4. The molecule has 0 spiro atoms. The van der Waals surface area contributed by atoms with Gasteiger partial charge in [0.1, 0.15) is 0 Å². The molecule has 47 heavy (non-hydrogen) atoms. The van der Waals surface area contributed by atoms with E-state index in [4.69, 9.17) is 0 Å². The monoisotopic (exact) mass is 630 g/mol. The number of allylic oxidation sites excluding steroid dienone is 8. The normalized spacial score (nSPS) is 44.3. The van der Waals surface area contributed by atoms with Crippen molar-refractivity contribution in [1.29, 1.82) is 0 Å². The van der Waals surface area contributed by atoms with Gasteiger partial charge in [-0.05, 0) is 156 Å². The zero-order chi connectivity index (χ0) is 33.2. The van der Waals surface area contributed by atoms with Gasteiger partial charge >= 0.3 is 0 Å². The van der Waals surface area contributed by atoms with E-state index in [0.29, 0.717) is 22.4 Å². The molecule has 0 amide bonds. The Labute approximate surface area is 285 Å². The largest absolute Gasteiger partial charge is 0.295 e. The molecule has 4 fully saturated rings. The van der Waals surface area contributed by atoms with Crippen molar-refractivity contribution >= 4 is 11.6 Å². The fraction of sp³-hybridized carbons (Fsp3) is 0.689. The van der Waals surface area contributed by atoms with Crippen LogP contribution in [0.25, 0.3) is 0 Å². The van der Waals surface area contributed by atoms with E-state index >= 15 is 0 Å². The summed E-state index contributed by atoms with van der Waals surface area (Å²) in [5, 5.41) is 0. The zero-order valence-electron chi connectivity index (χ0n) is 30.2. The summed E-state index contributed by atoms with van der Waals surface area (Å²) in [6.07, 6.45) is 26.3. The van der Waals surface area contributed by atoms with Crippen LogP contribution in [0.1, 0.15) is 138 Å². The molecule has 10 atom stereocenters. The van der Waals surface area contributed by atoms with E-state index in [-0.39, 0.29) is 10.8 Å². The molecule has 2 nitrogen and oxygen atoms in total. The van der Waals surface area contributed by atoms with Crippen LogP contribution in [0.4, 0.5) is 0 Å². The number of ketones is 2. The zero-order valence-corrected chi connectivity index (χ0v) is 30.2. The first-order valence-electron chi connectivity index (χ1n) is 19.3. The Hall–Kier alpha value is -2.58. The summed E-state index contributed by atoms with van der Waals surface area (Å²) in [6, 6.07) is 0. The first-order valence-corrected chi connectivity index (χ1v) is 19.3. The topological polar surface area (TPSA) is 34.1 Å². The van der Waals surface area contributed by atoms with Crippen molar-refractivity contribution in [3.8, 4) is 23.7 Å². The third-order valence-electron chi connectivity index (χ3n) is 16.0. The molecule has 2 heteroatoms. The molecule has 250 valence electrons. The van der Waals surface area contributed by atoms with E-state index in [2.05, 4.69) is 63.5 Å². The lowest BCUT2D eigenvalue weighted by atomic mass is 9.46. The number of fused-ring (bicyclic) bond motifs is 10. The van der Waals surface area contributed by atoms with Crippen molar-refractivity contribution in [1.82, 2.24) is 0 Å². The highest BCUT2D eigenvalue weighted by molar-refractivity contribution is 5.92. The van der Waals surface area contributed by atoms with Crippen LogP contribution in [-0.4, -0.2) is 11.6 Å². The van der Waals surface area contributed by atoms with E-state index in [9.17, 15) is 9.59 Å². The van der Waals surface area contributed by atoms with Gasteiger partial charge in [0.25, 0.3) is 0 Å². The number of hydrogen-bond donors (Lipinski definition) is 0. The molecule has 0 saturated heterocycles. The van der Waals surface area contributed by atoms with Gasteiger partial charge in [-0.2, -0.15) is 0 Å². The summed E-state index contributed by atoms with van der Waals surface area (Å²) in [6.45, 7) is 13.7. The van der Waals surface area contributed by atoms with E-state index < -0.39 is 0 Å². The summed E-state index contributed by atoms with van der Waals surface area (Å²) in [4.78, 5) is 23.8. The van der Waals surface area contributed by atoms with Gasteiger partial charge in [0.2, 0.25) is 0 Å². The van der Waals surface area contributed by atoms with E-state index in [1.165, 1.54) is 80.1 Å². The van der Waals surface area contributed by atoms with Gasteiger partial charge in [0, 0.05) is 34.8 Å². The molecule has 6 unspecified atom stereocenters. The molecule has 8 aliphatic carbocycles. The second-order valence-corrected chi connectivity index (χ2v) is 17.4. The van der Waals surface area contributed by atoms with Crippen LogP contribution in [0.3, 0.4) is 0 Å². The van der Waals surface area contributed by atoms with Crippen molar-refractivity contribution in [2.75, 3.05) is 0 Å². The highest BCUT2D eigenvalue weighted by atomic mass is 16.1. The summed E-state index contributed by atoms with van der Waals surface area (Å²) in [5.41, 5.74) is 7.04. The molecule has 0 aromatic rings. The van der Waals surface area contributed by atoms with Gasteiger partial charge in [-0.1, -0.05) is 62.8 Å². The minimum Gasteiger partial charge on any atom is -0.295 e. The average molecular weight is 631 g/mol. The van der Waals surface area contributed by atoms with Crippen LogP contribution >= 0.6 is 0 Å². The number of carbonyl (C=O) groups is 2.